The van der Waals surface area contributed by atoms with E-state index in [1.54, 1.807) is 23.1 Å². The van der Waals surface area contributed by atoms with Crippen molar-refractivity contribution in [3.63, 3.8) is 0 Å². The molecule has 8 nitrogen and oxygen atoms in total. The van der Waals surface area contributed by atoms with E-state index < -0.39 is 4.92 Å². The average Bonchev–Trinajstić information content (AvgIpc) is 2.83. The lowest BCUT2D eigenvalue weighted by atomic mass is 10.1. The third-order valence-electron chi connectivity index (χ3n) is 5.13. The fourth-order valence-corrected chi connectivity index (χ4v) is 3.43. The van der Waals surface area contributed by atoms with Gasteiger partial charge in [0.25, 0.3) is 5.69 Å². The number of anilines is 1. The van der Waals surface area contributed by atoms with E-state index in [1.165, 1.54) is 18.2 Å². The normalized spacial score (nSPS) is 14.1. The van der Waals surface area contributed by atoms with Crippen LogP contribution in [-0.4, -0.2) is 52.1 Å². The predicted octanol–water partition coefficient (Wildman–Crippen LogP) is 3.41. The number of rotatable bonds is 5. The number of carbonyl (C=O) groups excluding carboxylic acids is 1. The van der Waals surface area contributed by atoms with E-state index in [0.29, 0.717) is 31.7 Å². The quantitative estimate of drug-likeness (QED) is 0.360. The Morgan fingerprint density at radius 2 is 1.71 bits per heavy atom. The van der Waals surface area contributed by atoms with Crippen molar-refractivity contribution in [3.8, 4) is 11.3 Å². The van der Waals surface area contributed by atoms with Crippen LogP contribution in [-0.2, 0) is 4.79 Å². The summed E-state index contributed by atoms with van der Waals surface area (Å²) in [5.74, 6) is 0.676. The Hall–Kier alpha value is -4.07. The number of amides is 1. The summed E-state index contributed by atoms with van der Waals surface area (Å²) in [6.45, 7) is 2.46. The first-order valence-corrected chi connectivity index (χ1v) is 9.96. The molecule has 156 valence electrons. The van der Waals surface area contributed by atoms with Crippen LogP contribution in [0, 0.1) is 10.1 Å². The van der Waals surface area contributed by atoms with Crippen molar-refractivity contribution >= 4 is 23.5 Å². The van der Waals surface area contributed by atoms with Crippen LogP contribution in [0.15, 0.2) is 72.8 Å². The fourth-order valence-electron chi connectivity index (χ4n) is 3.43. The Balaban J connectivity index is 1.33. The molecular formula is C23H21N5O3. The summed E-state index contributed by atoms with van der Waals surface area (Å²) in [5.41, 5.74) is 2.47. The summed E-state index contributed by atoms with van der Waals surface area (Å²) < 4.78 is 0. The Labute approximate surface area is 179 Å². The molecule has 0 atom stereocenters. The Bertz CT molecular complexity index is 1090. The molecule has 2 heterocycles. The van der Waals surface area contributed by atoms with Gasteiger partial charge >= 0.3 is 0 Å². The molecule has 8 heteroatoms. The molecule has 0 spiro atoms. The number of hydrogen-bond acceptors (Lipinski definition) is 6. The van der Waals surface area contributed by atoms with Crippen molar-refractivity contribution < 1.29 is 9.72 Å². The summed E-state index contributed by atoms with van der Waals surface area (Å²) in [6, 6.07) is 20.0. The zero-order valence-corrected chi connectivity index (χ0v) is 16.8. The predicted molar refractivity (Wildman–Crippen MR) is 118 cm³/mol. The van der Waals surface area contributed by atoms with Crippen molar-refractivity contribution in [2.45, 2.75) is 0 Å². The van der Waals surface area contributed by atoms with Crippen molar-refractivity contribution in [3.05, 3.63) is 88.5 Å². The number of piperazine rings is 1. The van der Waals surface area contributed by atoms with E-state index >= 15 is 0 Å². The molecule has 1 fully saturated rings. The van der Waals surface area contributed by atoms with Gasteiger partial charge in [-0.15, -0.1) is 10.2 Å². The van der Waals surface area contributed by atoms with E-state index in [-0.39, 0.29) is 11.6 Å². The molecule has 31 heavy (non-hydrogen) atoms. The highest BCUT2D eigenvalue weighted by atomic mass is 16.6. The lowest BCUT2D eigenvalue weighted by Gasteiger charge is -2.34. The van der Waals surface area contributed by atoms with Gasteiger partial charge in [0.2, 0.25) is 5.91 Å². The van der Waals surface area contributed by atoms with Gasteiger partial charge in [0.1, 0.15) is 0 Å². The molecule has 1 saturated heterocycles. The zero-order chi connectivity index (χ0) is 21.6. The largest absolute Gasteiger partial charge is 0.352 e. The van der Waals surface area contributed by atoms with Gasteiger partial charge in [-0.05, 0) is 23.8 Å². The topological polar surface area (TPSA) is 92.5 Å². The first kappa shape index (κ1) is 20.2. The maximum absolute atomic E-state index is 12.5. The Morgan fingerprint density at radius 1 is 0.935 bits per heavy atom. The monoisotopic (exact) mass is 415 g/mol. The highest BCUT2D eigenvalue weighted by molar-refractivity contribution is 5.92. The molecule has 0 bridgehead atoms. The molecule has 2 aromatic carbocycles. The lowest BCUT2D eigenvalue weighted by molar-refractivity contribution is -0.384. The van der Waals surface area contributed by atoms with Gasteiger partial charge in [0.15, 0.2) is 5.82 Å². The molecule has 1 amide bonds. The number of aromatic nitrogens is 2. The molecule has 1 aliphatic rings. The second-order valence-corrected chi connectivity index (χ2v) is 7.14. The second kappa shape index (κ2) is 9.17. The minimum absolute atomic E-state index is 0.00241. The maximum atomic E-state index is 12.5. The highest BCUT2D eigenvalue weighted by Crippen LogP contribution is 2.19. The summed E-state index contributed by atoms with van der Waals surface area (Å²) in [7, 11) is 0. The van der Waals surface area contributed by atoms with Crippen molar-refractivity contribution in [1.82, 2.24) is 15.1 Å². The number of hydrogen-bond donors (Lipinski definition) is 0. The van der Waals surface area contributed by atoms with Crippen molar-refractivity contribution in [2.24, 2.45) is 0 Å². The minimum Gasteiger partial charge on any atom is -0.352 e. The van der Waals surface area contributed by atoms with Crippen molar-refractivity contribution in [2.75, 3.05) is 31.1 Å². The molecule has 0 radical (unpaired) electrons. The van der Waals surface area contributed by atoms with Gasteiger partial charge in [-0.25, -0.2) is 0 Å². The van der Waals surface area contributed by atoms with Gasteiger partial charge in [-0.1, -0.05) is 42.5 Å². The van der Waals surface area contributed by atoms with Gasteiger partial charge < -0.3 is 9.80 Å². The summed E-state index contributed by atoms with van der Waals surface area (Å²) in [5, 5.41) is 19.5. The smallest absolute Gasteiger partial charge is 0.270 e. The first-order chi connectivity index (χ1) is 15.1. The highest BCUT2D eigenvalue weighted by Gasteiger charge is 2.21. The first-order valence-electron chi connectivity index (χ1n) is 9.96. The van der Waals surface area contributed by atoms with Crippen LogP contribution >= 0.6 is 0 Å². The SMILES string of the molecule is O=C(/C=C/c1cccc([N+](=O)[O-])c1)N1CCN(c2ccc(-c3ccccc3)nn2)CC1. The molecule has 0 saturated carbocycles. The number of carbonyl (C=O) groups is 1. The molecule has 0 aliphatic carbocycles. The maximum Gasteiger partial charge on any atom is 0.270 e. The molecule has 1 aromatic heterocycles. The molecule has 3 aromatic rings. The molecular weight excluding hydrogens is 394 g/mol. The molecule has 4 rings (SSSR count). The van der Waals surface area contributed by atoms with Crippen LogP contribution in [0.4, 0.5) is 11.5 Å². The van der Waals surface area contributed by atoms with Crippen LogP contribution in [0.2, 0.25) is 0 Å². The number of benzene rings is 2. The van der Waals surface area contributed by atoms with Crippen LogP contribution in [0.1, 0.15) is 5.56 Å². The summed E-state index contributed by atoms with van der Waals surface area (Å²) in [4.78, 5) is 26.8. The fraction of sp³-hybridized carbons (Fsp3) is 0.174. The standard InChI is InChI=1S/C23H21N5O3/c29-23(12-9-18-5-4-8-20(17-18)28(30)31)27-15-13-26(14-16-27)22-11-10-21(24-25-22)19-6-2-1-3-7-19/h1-12,17H,13-16H2/b12-9+. The van der Waals surface area contributed by atoms with Crippen molar-refractivity contribution in [1.29, 1.82) is 0 Å². The Kier molecular flexibility index (Phi) is 5.98. The Morgan fingerprint density at radius 3 is 2.39 bits per heavy atom. The second-order valence-electron chi connectivity index (χ2n) is 7.14. The van der Waals surface area contributed by atoms with Crippen LogP contribution in [0.5, 0.6) is 0 Å². The van der Waals surface area contributed by atoms with Gasteiger partial charge in [-0.3, -0.25) is 14.9 Å². The number of nitro benzene ring substituents is 1. The van der Waals surface area contributed by atoms with Crippen LogP contribution in [0.3, 0.4) is 0 Å². The van der Waals surface area contributed by atoms with Gasteiger partial charge in [0, 0.05) is 50.0 Å². The minimum atomic E-state index is -0.451. The third kappa shape index (κ3) is 4.92. The number of nitrogens with zero attached hydrogens (tertiary/aromatic N) is 5. The van der Waals surface area contributed by atoms with E-state index in [0.717, 1.165) is 17.1 Å². The number of non-ortho nitro benzene ring substituents is 1. The molecule has 0 unspecified atom stereocenters. The van der Waals surface area contributed by atoms with E-state index in [4.69, 9.17) is 0 Å². The lowest BCUT2D eigenvalue weighted by Crippen LogP contribution is -2.48. The van der Waals surface area contributed by atoms with Gasteiger partial charge in [-0.2, -0.15) is 0 Å². The van der Waals surface area contributed by atoms with Gasteiger partial charge in [0.05, 0.1) is 10.6 Å². The van der Waals surface area contributed by atoms with E-state index in [9.17, 15) is 14.9 Å². The van der Waals surface area contributed by atoms with Crippen LogP contribution < -0.4 is 4.90 Å². The van der Waals surface area contributed by atoms with E-state index in [1.807, 2.05) is 42.5 Å². The van der Waals surface area contributed by atoms with Crippen LogP contribution in [0.25, 0.3) is 17.3 Å². The zero-order valence-electron chi connectivity index (χ0n) is 16.8. The van der Waals surface area contributed by atoms with E-state index in [2.05, 4.69) is 15.1 Å². The third-order valence-corrected chi connectivity index (χ3v) is 5.13. The summed E-state index contributed by atoms with van der Waals surface area (Å²) in [6.07, 6.45) is 3.07. The summed E-state index contributed by atoms with van der Waals surface area (Å²) >= 11 is 0. The molecule has 1 aliphatic heterocycles. The average molecular weight is 415 g/mol. The molecule has 0 N–H and O–H groups in total. The number of nitro groups is 1.